The fourth-order valence-electron chi connectivity index (χ4n) is 1.91. The van der Waals surface area contributed by atoms with Gasteiger partial charge >= 0.3 is 0 Å². The average Bonchev–Trinajstić information content (AvgIpc) is 2.69. The van der Waals surface area contributed by atoms with Gasteiger partial charge in [-0.25, -0.2) is 13.1 Å². The van der Waals surface area contributed by atoms with Crippen LogP contribution in [0, 0.1) is 0 Å². The molecule has 1 aromatic heterocycles. The molecule has 2 rings (SSSR count). The van der Waals surface area contributed by atoms with E-state index in [0.717, 1.165) is 3.79 Å². The molecule has 0 spiro atoms. The quantitative estimate of drug-likeness (QED) is 0.886. The van der Waals surface area contributed by atoms with Crippen LogP contribution in [0.15, 0.2) is 20.1 Å². The van der Waals surface area contributed by atoms with Gasteiger partial charge in [0.25, 0.3) is 0 Å². The average molecular weight is 340 g/mol. The molecule has 4 nitrogen and oxygen atoms in total. The Hall–Kier alpha value is 0.0500. The van der Waals surface area contributed by atoms with E-state index in [1.54, 1.807) is 12.1 Å². The first-order valence-electron chi connectivity index (χ1n) is 5.43. The number of thiophene rings is 1. The van der Waals surface area contributed by atoms with E-state index in [0.29, 0.717) is 29.9 Å². The van der Waals surface area contributed by atoms with Crippen molar-refractivity contribution >= 4 is 37.3 Å². The molecule has 0 radical (unpaired) electrons. The molecule has 0 atom stereocenters. The monoisotopic (exact) mass is 339 g/mol. The lowest BCUT2D eigenvalue weighted by molar-refractivity contribution is 0.120. The van der Waals surface area contributed by atoms with Gasteiger partial charge < -0.3 is 5.11 Å². The molecular formula is C10H14BrNO3S2. The summed E-state index contributed by atoms with van der Waals surface area (Å²) in [5, 5.41) is 9.36. The summed E-state index contributed by atoms with van der Waals surface area (Å²) >= 11 is 4.45. The normalized spacial score (nSPS) is 26.0. The largest absolute Gasteiger partial charge is 0.393 e. The second-order valence-corrected chi connectivity index (χ2v) is 8.59. The van der Waals surface area contributed by atoms with Gasteiger partial charge in [-0.2, -0.15) is 0 Å². The SMILES string of the molecule is O=S(=O)(NC1CCC(O)CC1)c1ccc(Br)s1. The maximum atomic E-state index is 12.0. The summed E-state index contributed by atoms with van der Waals surface area (Å²) in [6, 6.07) is 3.27. The molecule has 2 N–H and O–H groups in total. The first-order valence-corrected chi connectivity index (χ1v) is 8.52. The fourth-order valence-corrected chi connectivity index (χ4v) is 5.24. The number of rotatable bonds is 3. The van der Waals surface area contributed by atoms with E-state index < -0.39 is 10.0 Å². The van der Waals surface area contributed by atoms with Crippen LogP contribution in [0.1, 0.15) is 25.7 Å². The van der Waals surface area contributed by atoms with E-state index in [9.17, 15) is 13.5 Å². The molecule has 0 saturated heterocycles. The van der Waals surface area contributed by atoms with Crippen molar-refractivity contribution in [1.82, 2.24) is 4.72 Å². The van der Waals surface area contributed by atoms with E-state index in [1.165, 1.54) is 11.3 Å². The second-order valence-electron chi connectivity index (χ2n) is 4.19. The third-order valence-electron chi connectivity index (χ3n) is 2.83. The lowest BCUT2D eigenvalue weighted by Crippen LogP contribution is -2.38. The van der Waals surface area contributed by atoms with Crippen molar-refractivity contribution < 1.29 is 13.5 Å². The molecule has 0 aliphatic heterocycles. The van der Waals surface area contributed by atoms with Gasteiger partial charge in [-0.3, -0.25) is 0 Å². The van der Waals surface area contributed by atoms with Crippen LogP contribution in [0.2, 0.25) is 0 Å². The third kappa shape index (κ3) is 3.51. The van der Waals surface area contributed by atoms with Gasteiger partial charge in [0.15, 0.2) is 0 Å². The Labute approximate surface area is 113 Å². The van der Waals surface area contributed by atoms with E-state index >= 15 is 0 Å². The summed E-state index contributed by atoms with van der Waals surface area (Å²) in [4.78, 5) is 0. The molecule has 0 aromatic carbocycles. The van der Waals surface area contributed by atoms with Crippen LogP contribution in [0.5, 0.6) is 0 Å². The van der Waals surface area contributed by atoms with Gasteiger partial charge in [0.1, 0.15) is 4.21 Å². The Balaban J connectivity index is 2.03. The molecule has 1 aromatic rings. The number of sulfonamides is 1. The van der Waals surface area contributed by atoms with Crippen LogP contribution in [-0.2, 0) is 10.0 Å². The minimum absolute atomic E-state index is 0.0516. The Morgan fingerprint density at radius 1 is 1.29 bits per heavy atom. The summed E-state index contributed by atoms with van der Waals surface area (Å²) in [6.45, 7) is 0. The zero-order chi connectivity index (χ0) is 12.5. The number of aliphatic hydroxyl groups is 1. The van der Waals surface area contributed by atoms with Crippen molar-refractivity contribution in [2.24, 2.45) is 0 Å². The van der Waals surface area contributed by atoms with E-state index in [4.69, 9.17) is 0 Å². The molecule has 1 saturated carbocycles. The number of nitrogens with one attached hydrogen (secondary N) is 1. The number of halogens is 1. The van der Waals surface area contributed by atoms with E-state index in [2.05, 4.69) is 20.7 Å². The standard InChI is InChI=1S/C10H14BrNO3S2/c11-9-5-6-10(16-9)17(14,15)12-7-1-3-8(13)4-2-7/h5-8,12-13H,1-4H2. The Kier molecular flexibility index (Phi) is 4.25. The third-order valence-corrected chi connectivity index (χ3v) is 6.47. The molecule has 1 aliphatic carbocycles. The fraction of sp³-hybridized carbons (Fsp3) is 0.600. The molecule has 7 heteroatoms. The maximum Gasteiger partial charge on any atom is 0.250 e. The van der Waals surface area contributed by atoms with Gasteiger partial charge in [-0.05, 0) is 53.7 Å². The first-order chi connectivity index (χ1) is 7.97. The lowest BCUT2D eigenvalue weighted by Gasteiger charge is -2.25. The topological polar surface area (TPSA) is 66.4 Å². The molecular weight excluding hydrogens is 326 g/mol. The highest BCUT2D eigenvalue weighted by atomic mass is 79.9. The first kappa shape index (κ1) is 13.5. The van der Waals surface area contributed by atoms with Crippen LogP contribution in [0.25, 0.3) is 0 Å². The van der Waals surface area contributed by atoms with Gasteiger partial charge in [0.05, 0.1) is 9.89 Å². The van der Waals surface area contributed by atoms with Crippen molar-refractivity contribution in [3.8, 4) is 0 Å². The predicted octanol–water partition coefficient (Wildman–Crippen LogP) is 2.09. The minimum Gasteiger partial charge on any atom is -0.393 e. The molecule has 96 valence electrons. The van der Waals surface area contributed by atoms with Gasteiger partial charge in [0.2, 0.25) is 10.0 Å². The van der Waals surface area contributed by atoms with Gasteiger partial charge in [-0.15, -0.1) is 11.3 Å². The van der Waals surface area contributed by atoms with Crippen molar-refractivity contribution in [2.45, 2.75) is 42.0 Å². The van der Waals surface area contributed by atoms with Crippen molar-refractivity contribution in [2.75, 3.05) is 0 Å². The Morgan fingerprint density at radius 2 is 1.94 bits per heavy atom. The van der Waals surface area contributed by atoms with E-state index in [1.807, 2.05) is 0 Å². The van der Waals surface area contributed by atoms with Crippen molar-refractivity contribution in [3.05, 3.63) is 15.9 Å². The zero-order valence-electron chi connectivity index (χ0n) is 9.10. The molecule has 0 amide bonds. The Bertz CT molecular complexity index is 477. The number of hydrogen-bond donors (Lipinski definition) is 2. The van der Waals surface area contributed by atoms with Crippen LogP contribution < -0.4 is 4.72 Å². The van der Waals surface area contributed by atoms with Crippen LogP contribution >= 0.6 is 27.3 Å². The van der Waals surface area contributed by atoms with Crippen LogP contribution in [0.4, 0.5) is 0 Å². The number of hydrogen-bond acceptors (Lipinski definition) is 4. The Morgan fingerprint density at radius 3 is 2.47 bits per heavy atom. The van der Waals surface area contributed by atoms with Crippen molar-refractivity contribution in [1.29, 1.82) is 0 Å². The lowest BCUT2D eigenvalue weighted by atomic mass is 9.94. The van der Waals surface area contributed by atoms with Crippen LogP contribution in [0.3, 0.4) is 0 Å². The number of aliphatic hydroxyl groups excluding tert-OH is 1. The summed E-state index contributed by atoms with van der Waals surface area (Å²) in [5.41, 5.74) is 0. The van der Waals surface area contributed by atoms with Crippen molar-refractivity contribution in [3.63, 3.8) is 0 Å². The highest BCUT2D eigenvalue weighted by molar-refractivity contribution is 9.11. The molecule has 17 heavy (non-hydrogen) atoms. The second kappa shape index (κ2) is 5.36. The molecule has 0 unspecified atom stereocenters. The summed E-state index contributed by atoms with van der Waals surface area (Å²) < 4.78 is 27.9. The smallest absolute Gasteiger partial charge is 0.250 e. The van der Waals surface area contributed by atoms with Gasteiger partial charge in [-0.1, -0.05) is 0 Å². The highest BCUT2D eigenvalue weighted by Gasteiger charge is 2.25. The summed E-state index contributed by atoms with van der Waals surface area (Å²) in [5.74, 6) is 0. The zero-order valence-corrected chi connectivity index (χ0v) is 12.3. The molecule has 0 bridgehead atoms. The van der Waals surface area contributed by atoms with E-state index in [-0.39, 0.29) is 12.1 Å². The molecule has 1 heterocycles. The van der Waals surface area contributed by atoms with Gasteiger partial charge in [0, 0.05) is 6.04 Å². The highest BCUT2D eigenvalue weighted by Crippen LogP contribution is 2.27. The molecule has 1 fully saturated rings. The minimum atomic E-state index is -3.40. The summed E-state index contributed by atoms with van der Waals surface area (Å²) in [7, 11) is -3.40. The van der Waals surface area contributed by atoms with Crippen LogP contribution in [-0.4, -0.2) is 25.7 Å². The maximum absolute atomic E-state index is 12.0. The summed E-state index contributed by atoms with van der Waals surface area (Å²) in [6.07, 6.45) is 2.47. The predicted molar refractivity (Wildman–Crippen MR) is 70.6 cm³/mol. The molecule has 1 aliphatic rings.